The number of nitrogens with zero attached hydrogens (tertiary/aromatic N) is 3. The smallest absolute Gasteiger partial charge is 0.321 e. The van der Waals surface area contributed by atoms with Gasteiger partial charge in [-0.25, -0.2) is 4.98 Å². The summed E-state index contributed by atoms with van der Waals surface area (Å²) in [6.07, 6.45) is 4.28. The number of aromatic nitrogens is 2. The van der Waals surface area contributed by atoms with Crippen molar-refractivity contribution in [2.24, 2.45) is 0 Å². The predicted octanol–water partition coefficient (Wildman–Crippen LogP) is 1.70. The van der Waals surface area contributed by atoms with Crippen molar-refractivity contribution in [3.63, 3.8) is 0 Å². The Morgan fingerprint density at radius 2 is 2.10 bits per heavy atom. The highest BCUT2D eigenvalue weighted by Crippen LogP contribution is 2.23. The molecule has 5 heteroatoms. The third kappa shape index (κ3) is 2.83. The lowest BCUT2D eigenvalue weighted by atomic mass is 9.94. The molecule has 3 rings (SSSR count). The summed E-state index contributed by atoms with van der Waals surface area (Å²) in [5, 5.41) is 9.49. The van der Waals surface area contributed by atoms with Gasteiger partial charge in [-0.2, -0.15) is 0 Å². The van der Waals surface area contributed by atoms with Crippen LogP contribution in [-0.4, -0.2) is 38.1 Å². The van der Waals surface area contributed by atoms with E-state index in [1.165, 1.54) is 5.56 Å². The maximum absolute atomic E-state index is 11.5. The number of carboxylic acids is 1. The zero-order valence-electron chi connectivity index (χ0n) is 12.1. The second-order valence-corrected chi connectivity index (χ2v) is 5.47. The van der Waals surface area contributed by atoms with E-state index in [0.29, 0.717) is 19.5 Å². The summed E-state index contributed by atoms with van der Waals surface area (Å²) < 4.78 is 2.05. The number of carboxylic acid groups (broad SMARTS) is 1. The Hall–Kier alpha value is -2.14. The van der Waals surface area contributed by atoms with Crippen molar-refractivity contribution in [2.45, 2.75) is 32.5 Å². The first-order valence-electron chi connectivity index (χ1n) is 7.16. The Labute approximate surface area is 123 Å². The van der Waals surface area contributed by atoms with Gasteiger partial charge in [0.2, 0.25) is 0 Å². The minimum absolute atomic E-state index is 0.441. The van der Waals surface area contributed by atoms with Crippen molar-refractivity contribution in [3.8, 4) is 0 Å². The van der Waals surface area contributed by atoms with Crippen LogP contribution in [0.4, 0.5) is 0 Å². The van der Waals surface area contributed by atoms with E-state index in [0.717, 1.165) is 17.9 Å². The van der Waals surface area contributed by atoms with E-state index in [2.05, 4.69) is 15.6 Å². The van der Waals surface area contributed by atoms with E-state index in [1.54, 1.807) is 6.20 Å². The normalized spacial score (nSPS) is 18.4. The van der Waals surface area contributed by atoms with Crippen LogP contribution in [0, 0.1) is 6.92 Å². The molecule has 0 fully saturated rings. The molecular formula is C16H19N3O2. The van der Waals surface area contributed by atoms with Crippen molar-refractivity contribution in [1.29, 1.82) is 0 Å². The molecule has 0 spiro atoms. The summed E-state index contributed by atoms with van der Waals surface area (Å²) >= 11 is 0. The van der Waals surface area contributed by atoms with Crippen LogP contribution >= 0.6 is 0 Å². The lowest BCUT2D eigenvalue weighted by Crippen LogP contribution is -2.46. The molecule has 110 valence electrons. The van der Waals surface area contributed by atoms with Crippen LogP contribution in [0.3, 0.4) is 0 Å². The van der Waals surface area contributed by atoms with Gasteiger partial charge < -0.3 is 9.67 Å². The highest BCUT2D eigenvalue weighted by Gasteiger charge is 2.30. The molecule has 0 radical (unpaired) electrons. The average Bonchev–Trinajstić information content (AvgIpc) is 2.89. The number of hydrogen-bond acceptors (Lipinski definition) is 3. The minimum atomic E-state index is -0.744. The van der Waals surface area contributed by atoms with E-state index in [1.807, 2.05) is 36.2 Å². The molecule has 21 heavy (non-hydrogen) atoms. The van der Waals surface area contributed by atoms with E-state index < -0.39 is 12.0 Å². The van der Waals surface area contributed by atoms with Gasteiger partial charge in [-0.15, -0.1) is 0 Å². The van der Waals surface area contributed by atoms with Crippen molar-refractivity contribution in [3.05, 3.63) is 53.6 Å². The molecule has 2 heterocycles. The van der Waals surface area contributed by atoms with E-state index in [9.17, 15) is 9.90 Å². The Morgan fingerprint density at radius 3 is 2.76 bits per heavy atom. The maximum atomic E-state index is 11.5. The fourth-order valence-corrected chi connectivity index (χ4v) is 2.93. The van der Waals surface area contributed by atoms with E-state index >= 15 is 0 Å². The van der Waals surface area contributed by atoms with Gasteiger partial charge in [-0.05, 0) is 24.5 Å². The maximum Gasteiger partial charge on any atom is 0.321 e. The molecule has 0 saturated heterocycles. The summed E-state index contributed by atoms with van der Waals surface area (Å²) in [5.41, 5.74) is 2.39. The van der Waals surface area contributed by atoms with Gasteiger partial charge in [0.25, 0.3) is 0 Å². The Morgan fingerprint density at radius 1 is 1.33 bits per heavy atom. The van der Waals surface area contributed by atoms with Crippen LogP contribution in [0.15, 0.2) is 36.7 Å². The average molecular weight is 285 g/mol. The molecular weight excluding hydrogens is 266 g/mol. The SMILES string of the molecule is Cc1nccn1CCN1Cc2ccccc2C[C@H]1C(=O)O. The van der Waals surface area contributed by atoms with Gasteiger partial charge in [0, 0.05) is 32.0 Å². The van der Waals surface area contributed by atoms with Gasteiger partial charge in [-0.1, -0.05) is 24.3 Å². The van der Waals surface area contributed by atoms with Gasteiger partial charge in [0.1, 0.15) is 11.9 Å². The standard InChI is InChI=1S/C16H19N3O2/c1-12-17-6-7-18(12)8-9-19-11-14-5-3-2-4-13(14)10-15(19)16(20)21/h2-7,15H,8-11H2,1H3,(H,20,21)/t15-/m0/s1. The van der Waals surface area contributed by atoms with Crippen LogP contribution in [0.25, 0.3) is 0 Å². The van der Waals surface area contributed by atoms with Crippen molar-refractivity contribution in [2.75, 3.05) is 6.54 Å². The first kappa shape index (κ1) is 13.8. The topological polar surface area (TPSA) is 58.4 Å². The number of hydrogen-bond donors (Lipinski definition) is 1. The Bertz CT molecular complexity index is 650. The van der Waals surface area contributed by atoms with Crippen molar-refractivity contribution in [1.82, 2.24) is 14.5 Å². The van der Waals surface area contributed by atoms with Crippen LogP contribution in [0.1, 0.15) is 17.0 Å². The third-order valence-electron chi connectivity index (χ3n) is 4.18. The van der Waals surface area contributed by atoms with Crippen molar-refractivity contribution < 1.29 is 9.90 Å². The quantitative estimate of drug-likeness (QED) is 0.929. The van der Waals surface area contributed by atoms with E-state index in [4.69, 9.17) is 0 Å². The number of aryl methyl sites for hydroxylation is 1. The Kier molecular flexibility index (Phi) is 3.75. The Balaban J connectivity index is 1.76. The number of rotatable bonds is 4. The zero-order valence-corrected chi connectivity index (χ0v) is 12.1. The number of carbonyl (C=O) groups is 1. The fraction of sp³-hybridized carbons (Fsp3) is 0.375. The van der Waals surface area contributed by atoms with Crippen LogP contribution in [-0.2, 0) is 24.3 Å². The van der Waals surface area contributed by atoms with Crippen LogP contribution in [0.5, 0.6) is 0 Å². The summed E-state index contributed by atoms with van der Waals surface area (Å²) in [6, 6.07) is 7.66. The molecule has 0 saturated carbocycles. The highest BCUT2D eigenvalue weighted by molar-refractivity contribution is 5.74. The second-order valence-electron chi connectivity index (χ2n) is 5.47. The summed E-state index contributed by atoms with van der Waals surface area (Å²) in [6.45, 7) is 4.13. The van der Waals surface area contributed by atoms with Crippen LogP contribution in [0.2, 0.25) is 0 Å². The zero-order chi connectivity index (χ0) is 14.8. The molecule has 0 aliphatic carbocycles. The lowest BCUT2D eigenvalue weighted by molar-refractivity contribution is -0.144. The third-order valence-corrected chi connectivity index (χ3v) is 4.18. The summed E-state index contributed by atoms with van der Waals surface area (Å²) in [7, 11) is 0. The second kappa shape index (κ2) is 5.69. The molecule has 1 N–H and O–H groups in total. The number of benzene rings is 1. The molecule has 2 aromatic rings. The monoisotopic (exact) mass is 285 g/mol. The fourth-order valence-electron chi connectivity index (χ4n) is 2.93. The van der Waals surface area contributed by atoms with Gasteiger partial charge in [0.05, 0.1) is 0 Å². The van der Waals surface area contributed by atoms with Gasteiger partial charge >= 0.3 is 5.97 Å². The predicted molar refractivity (Wildman–Crippen MR) is 78.9 cm³/mol. The number of aliphatic carboxylic acids is 1. The first-order chi connectivity index (χ1) is 10.1. The van der Waals surface area contributed by atoms with Gasteiger partial charge in [0.15, 0.2) is 0 Å². The molecule has 1 aliphatic rings. The molecule has 0 unspecified atom stereocenters. The molecule has 1 aromatic heterocycles. The molecule has 1 aliphatic heterocycles. The molecule has 1 aromatic carbocycles. The van der Waals surface area contributed by atoms with Crippen molar-refractivity contribution >= 4 is 5.97 Å². The lowest BCUT2D eigenvalue weighted by Gasteiger charge is -2.34. The molecule has 0 amide bonds. The number of imidazole rings is 1. The number of fused-ring (bicyclic) bond motifs is 1. The van der Waals surface area contributed by atoms with E-state index in [-0.39, 0.29) is 0 Å². The molecule has 1 atom stereocenters. The minimum Gasteiger partial charge on any atom is -0.480 e. The first-order valence-corrected chi connectivity index (χ1v) is 7.16. The van der Waals surface area contributed by atoms with Gasteiger partial charge in [-0.3, -0.25) is 9.69 Å². The molecule has 5 nitrogen and oxygen atoms in total. The van der Waals surface area contributed by atoms with Crippen LogP contribution < -0.4 is 0 Å². The highest BCUT2D eigenvalue weighted by atomic mass is 16.4. The summed E-state index contributed by atoms with van der Waals surface area (Å²) in [5.74, 6) is 0.214. The largest absolute Gasteiger partial charge is 0.480 e. The molecule has 0 bridgehead atoms. The summed E-state index contributed by atoms with van der Waals surface area (Å²) in [4.78, 5) is 17.8.